The molecule has 3 rings (SSSR count). The van der Waals surface area contributed by atoms with Crippen molar-refractivity contribution in [2.75, 3.05) is 0 Å². The van der Waals surface area contributed by atoms with E-state index >= 15 is 0 Å². The van der Waals surface area contributed by atoms with Crippen molar-refractivity contribution in [3.05, 3.63) is 70.2 Å². The second-order valence-corrected chi connectivity index (χ2v) is 12.5. The summed E-state index contributed by atoms with van der Waals surface area (Å²) in [5, 5.41) is 11.3. The van der Waals surface area contributed by atoms with Crippen LogP contribution in [0.5, 0.6) is 0 Å². The molecule has 2 aromatic rings. The van der Waals surface area contributed by atoms with Gasteiger partial charge in [-0.05, 0) is 0 Å². The first-order valence-corrected chi connectivity index (χ1v) is 12.5. The van der Waals surface area contributed by atoms with Crippen molar-refractivity contribution >= 4 is 42.6 Å². The number of hydroxylamine groups is 1. The number of carbonyl (C=O) groups excluding carboxylic acids is 1. The van der Waals surface area contributed by atoms with E-state index in [0.29, 0.717) is 0 Å². The van der Waals surface area contributed by atoms with Crippen LogP contribution in [0, 0.1) is 5.82 Å². The molecule has 0 aliphatic heterocycles. The summed E-state index contributed by atoms with van der Waals surface area (Å²) in [4.78, 5) is 12.1. The van der Waals surface area contributed by atoms with Crippen LogP contribution < -0.4 is 5.48 Å². The minimum atomic E-state index is -4.98. The Morgan fingerprint density at radius 3 is 2.61 bits per heavy atom. The number of nitrogens with one attached hydrogen (secondary N) is 1. The number of hydrogen-bond acceptors (Lipinski definition) is 6. The Hall–Kier alpha value is -1.96. The number of amides is 1. The van der Waals surface area contributed by atoms with E-state index in [2.05, 4.69) is 3.88 Å². The summed E-state index contributed by atoms with van der Waals surface area (Å²) in [5.74, 6) is -0.936. The molecule has 0 bridgehead atoms. The van der Waals surface area contributed by atoms with Crippen LogP contribution in [0.1, 0.15) is 30.7 Å². The molecule has 1 aliphatic rings. The fourth-order valence-corrected chi connectivity index (χ4v) is 6.52. The maximum absolute atomic E-state index is 13.3. The van der Waals surface area contributed by atoms with Gasteiger partial charge in [-0.15, -0.1) is 0 Å². The van der Waals surface area contributed by atoms with Gasteiger partial charge in [-0.2, -0.15) is 0 Å². The van der Waals surface area contributed by atoms with Crippen molar-refractivity contribution in [2.24, 2.45) is 0 Å². The van der Waals surface area contributed by atoms with Gasteiger partial charge in [0.2, 0.25) is 0 Å². The number of hydrogen-bond donors (Lipinski definition) is 2. The van der Waals surface area contributed by atoms with Crippen LogP contribution in [-0.4, -0.2) is 25.3 Å². The zero-order valence-corrected chi connectivity index (χ0v) is 17.9. The monoisotopic (exact) mass is 467 g/mol. The third kappa shape index (κ3) is 4.21. The topological polar surface area (TPSA) is 84.9 Å². The van der Waals surface area contributed by atoms with Gasteiger partial charge in [0.05, 0.1) is 0 Å². The molecule has 2 unspecified atom stereocenters. The quantitative estimate of drug-likeness (QED) is 0.373. The van der Waals surface area contributed by atoms with Crippen molar-refractivity contribution in [1.82, 2.24) is 5.48 Å². The Bertz CT molecular complexity index is 971. The maximum atomic E-state index is 13.3. The Balaban J connectivity index is 2.08. The summed E-state index contributed by atoms with van der Waals surface area (Å²) < 4.78 is 34.9. The van der Waals surface area contributed by atoms with Crippen LogP contribution in [0.25, 0.3) is 11.1 Å². The molecule has 1 aromatic carbocycles. The minimum absolute atomic E-state index is 0.199. The van der Waals surface area contributed by atoms with Crippen LogP contribution in [0.4, 0.5) is 4.39 Å². The zero-order chi connectivity index (χ0) is 20.4. The predicted molar refractivity (Wildman–Crippen MR) is 105 cm³/mol. The first kappa shape index (κ1) is 20.8. The summed E-state index contributed by atoms with van der Waals surface area (Å²) in [5.41, 5.74) is 4.31. The van der Waals surface area contributed by atoms with Gasteiger partial charge in [0, 0.05) is 0 Å². The van der Waals surface area contributed by atoms with E-state index in [9.17, 15) is 18.2 Å². The average molecular weight is 467 g/mol. The second kappa shape index (κ2) is 8.19. The summed E-state index contributed by atoms with van der Waals surface area (Å²) in [7, 11) is 0. The molecule has 2 atom stereocenters. The van der Waals surface area contributed by atoms with Crippen molar-refractivity contribution in [1.29, 1.82) is 0 Å². The van der Waals surface area contributed by atoms with E-state index in [4.69, 9.17) is 3.83 Å². The van der Waals surface area contributed by atoms with Gasteiger partial charge in [-0.25, -0.2) is 0 Å². The molecule has 0 saturated heterocycles. The number of rotatable bonds is 6. The van der Waals surface area contributed by atoms with Crippen LogP contribution in [0.15, 0.2) is 53.9 Å². The van der Waals surface area contributed by atoms with Gasteiger partial charge in [0.15, 0.2) is 0 Å². The SMILES string of the molecule is CC(=O)NO[As](=O)(OO)C1(C)C=C(c2cccs2)C=C(c2ccc(F)cc2)C1. The van der Waals surface area contributed by atoms with Crippen LogP contribution in [0.2, 0.25) is 4.20 Å². The Morgan fingerprint density at radius 1 is 1.32 bits per heavy atom. The molecule has 1 aliphatic carbocycles. The van der Waals surface area contributed by atoms with Gasteiger partial charge in [0.25, 0.3) is 0 Å². The molecule has 148 valence electrons. The number of halogens is 1. The van der Waals surface area contributed by atoms with Crippen molar-refractivity contribution in [2.45, 2.75) is 24.5 Å². The molecule has 1 heterocycles. The van der Waals surface area contributed by atoms with Crippen LogP contribution >= 0.6 is 11.3 Å². The molecular weight excluding hydrogens is 448 g/mol. The number of carbonyl (C=O) groups is 1. The Labute approximate surface area is 168 Å². The fourth-order valence-electron chi connectivity index (χ4n) is 3.00. The number of allylic oxidation sites excluding steroid dienone is 4. The Morgan fingerprint density at radius 2 is 2.04 bits per heavy atom. The Kier molecular flexibility index (Phi) is 6.07. The molecule has 2 N–H and O–H groups in total. The van der Waals surface area contributed by atoms with Gasteiger partial charge in [-0.1, -0.05) is 0 Å². The molecule has 9 heteroatoms. The molecule has 1 aromatic heterocycles. The summed E-state index contributed by atoms with van der Waals surface area (Å²) in [6.07, 6.45) is 3.85. The number of benzene rings is 1. The molecule has 1 amide bonds. The average Bonchev–Trinajstić information content (AvgIpc) is 3.21. The predicted octanol–water partition coefficient (Wildman–Crippen LogP) is 4.44. The molecule has 0 spiro atoms. The van der Waals surface area contributed by atoms with E-state index in [1.165, 1.54) is 30.4 Å². The number of thiophene rings is 1. The first-order valence-electron chi connectivity index (χ1n) is 8.38. The summed E-state index contributed by atoms with van der Waals surface area (Å²) >= 11 is -3.48. The van der Waals surface area contributed by atoms with Gasteiger partial charge in [0.1, 0.15) is 0 Å². The van der Waals surface area contributed by atoms with E-state index < -0.39 is 24.3 Å². The second-order valence-electron chi connectivity index (χ2n) is 6.62. The molecule has 6 nitrogen and oxygen atoms in total. The zero-order valence-electron chi connectivity index (χ0n) is 15.2. The third-order valence-electron chi connectivity index (χ3n) is 4.41. The molecule has 0 radical (unpaired) electrons. The van der Waals surface area contributed by atoms with E-state index in [0.717, 1.165) is 21.6 Å². The van der Waals surface area contributed by atoms with E-state index in [1.807, 2.05) is 29.1 Å². The molecule has 0 saturated carbocycles. The molecular formula is C19H19AsFNO5S. The first-order chi connectivity index (χ1) is 13.3. The standard InChI is InChI=1S/C19H19AsFNO5S/c1-13(23)22-26-20(24,27-25)19(2)11-15(14-5-7-17(21)8-6-14)10-16(12-19)18-4-3-9-28-18/h3-10,12,25H,11H2,1-2H3,(H,22,23). The summed E-state index contributed by atoms with van der Waals surface area (Å²) in [6.45, 7) is 2.83. The summed E-state index contributed by atoms with van der Waals surface area (Å²) in [6, 6.07) is 9.75. The van der Waals surface area contributed by atoms with Gasteiger partial charge in [-0.3, -0.25) is 0 Å². The van der Waals surface area contributed by atoms with Crippen molar-refractivity contribution in [3.63, 3.8) is 0 Å². The van der Waals surface area contributed by atoms with Crippen LogP contribution in [0.3, 0.4) is 0 Å². The van der Waals surface area contributed by atoms with Crippen LogP contribution in [-0.2, 0) is 16.2 Å². The molecule has 28 heavy (non-hydrogen) atoms. The van der Waals surface area contributed by atoms with Crippen molar-refractivity contribution < 1.29 is 25.9 Å². The van der Waals surface area contributed by atoms with E-state index in [-0.39, 0.29) is 12.2 Å². The molecule has 0 fully saturated rings. The fraction of sp³-hybridized carbons (Fsp3) is 0.211. The third-order valence-corrected chi connectivity index (χ3v) is 9.70. The van der Waals surface area contributed by atoms with Gasteiger partial charge >= 0.3 is 169 Å². The van der Waals surface area contributed by atoms with Crippen molar-refractivity contribution in [3.8, 4) is 0 Å². The van der Waals surface area contributed by atoms with E-state index in [1.54, 1.807) is 25.1 Å². The van der Waals surface area contributed by atoms with Gasteiger partial charge < -0.3 is 0 Å². The normalized spacial score (nSPS) is 21.4.